The summed E-state index contributed by atoms with van der Waals surface area (Å²) in [5, 5.41) is 8.86. The van der Waals surface area contributed by atoms with Crippen LogP contribution in [0, 0.1) is 0 Å². The van der Waals surface area contributed by atoms with Gasteiger partial charge in [-0.25, -0.2) is 5.48 Å². The van der Waals surface area contributed by atoms with E-state index in [0.29, 0.717) is 12.5 Å². The van der Waals surface area contributed by atoms with Gasteiger partial charge < -0.3 is 14.7 Å². The SMILES string of the molecule is COc1ccc(OC)c(C(C)C)c1CNO. The van der Waals surface area contributed by atoms with Crippen LogP contribution in [0.25, 0.3) is 0 Å². The van der Waals surface area contributed by atoms with E-state index in [1.54, 1.807) is 14.2 Å². The Hall–Kier alpha value is -1.26. The molecule has 0 unspecified atom stereocenters. The maximum Gasteiger partial charge on any atom is 0.123 e. The zero-order valence-corrected chi connectivity index (χ0v) is 10.2. The molecule has 0 aliphatic heterocycles. The molecular weight excluding hydrogens is 206 g/mol. The fraction of sp³-hybridized carbons (Fsp3) is 0.500. The van der Waals surface area contributed by atoms with Crippen molar-refractivity contribution in [1.82, 2.24) is 5.48 Å². The first-order valence-electron chi connectivity index (χ1n) is 5.26. The number of methoxy groups -OCH3 is 2. The van der Waals surface area contributed by atoms with Crippen molar-refractivity contribution in [1.29, 1.82) is 0 Å². The summed E-state index contributed by atoms with van der Waals surface area (Å²) in [5.74, 6) is 1.88. The summed E-state index contributed by atoms with van der Waals surface area (Å²) in [5.41, 5.74) is 4.16. The smallest absolute Gasteiger partial charge is 0.123 e. The lowest BCUT2D eigenvalue weighted by Gasteiger charge is -2.19. The standard InChI is InChI=1S/C12H19NO3/c1-8(2)12-9(7-13-14)10(15-3)5-6-11(12)16-4/h5-6,8,13-14H,7H2,1-4H3. The first kappa shape index (κ1) is 12.8. The molecule has 4 nitrogen and oxygen atoms in total. The van der Waals surface area contributed by atoms with Gasteiger partial charge in [-0.2, -0.15) is 0 Å². The summed E-state index contributed by atoms with van der Waals surface area (Å²) in [7, 11) is 3.26. The third kappa shape index (κ3) is 2.46. The molecule has 16 heavy (non-hydrogen) atoms. The van der Waals surface area contributed by atoms with Crippen molar-refractivity contribution in [3.05, 3.63) is 23.3 Å². The predicted molar refractivity (Wildman–Crippen MR) is 62.3 cm³/mol. The van der Waals surface area contributed by atoms with Gasteiger partial charge in [-0.15, -0.1) is 0 Å². The second-order valence-corrected chi connectivity index (χ2v) is 3.85. The Bertz CT molecular complexity index is 350. The van der Waals surface area contributed by atoms with Gasteiger partial charge in [0.25, 0.3) is 0 Å². The van der Waals surface area contributed by atoms with Crippen LogP contribution < -0.4 is 15.0 Å². The molecule has 0 fully saturated rings. The first-order chi connectivity index (χ1) is 7.65. The molecule has 0 aliphatic rings. The number of hydrogen-bond acceptors (Lipinski definition) is 4. The van der Waals surface area contributed by atoms with Crippen LogP contribution in [-0.4, -0.2) is 19.4 Å². The normalized spacial score (nSPS) is 10.6. The van der Waals surface area contributed by atoms with Crippen molar-refractivity contribution in [2.45, 2.75) is 26.3 Å². The molecule has 2 N–H and O–H groups in total. The molecular formula is C12H19NO3. The van der Waals surface area contributed by atoms with Crippen LogP contribution in [0.3, 0.4) is 0 Å². The van der Waals surface area contributed by atoms with Crippen LogP contribution in [0.2, 0.25) is 0 Å². The van der Waals surface area contributed by atoms with Crippen LogP contribution >= 0.6 is 0 Å². The van der Waals surface area contributed by atoms with E-state index >= 15 is 0 Å². The second kappa shape index (κ2) is 5.72. The monoisotopic (exact) mass is 225 g/mol. The van der Waals surface area contributed by atoms with Gasteiger partial charge in [-0.05, 0) is 18.1 Å². The van der Waals surface area contributed by atoms with Gasteiger partial charge >= 0.3 is 0 Å². The number of rotatable bonds is 5. The zero-order valence-electron chi connectivity index (χ0n) is 10.2. The second-order valence-electron chi connectivity index (χ2n) is 3.85. The number of ether oxygens (including phenoxy) is 2. The topological polar surface area (TPSA) is 50.7 Å². The van der Waals surface area contributed by atoms with Crippen molar-refractivity contribution in [3.63, 3.8) is 0 Å². The Kier molecular flexibility index (Phi) is 4.58. The summed E-state index contributed by atoms with van der Waals surface area (Å²) in [6.07, 6.45) is 0. The fourth-order valence-electron chi connectivity index (χ4n) is 1.89. The van der Waals surface area contributed by atoms with Crippen molar-refractivity contribution in [2.24, 2.45) is 0 Å². The van der Waals surface area contributed by atoms with Gasteiger partial charge in [0.15, 0.2) is 0 Å². The quantitative estimate of drug-likeness (QED) is 0.755. The minimum Gasteiger partial charge on any atom is -0.496 e. The Balaban J connectivity index is 3.34. The Morgan fingerprint density at radius 2 is 1.75 bits per heavy atom. The minimum absolute atomic E-state index is 0.299. The lowest BCUT2D eigenvalue weighted by molar-refractivity contribution is 0.159. The number of hydrogen-bond donors (Lipinski definition) is 2. The van der Waals surface area contributed by atoms with Crippen LogP contribution in [0.4, 0.5) is 0 Å². The number of nitrogens with one attached hydrogen (secondary N) is 1. The Labute approximate surface area is 96.1 Å². The van der Waals surface area contributed by atoms with Gasteiger partial charge in [0.05, 0.1) is 14.2 Å². The average molecular weight is 225 g/mol. The fourth-order valence-corrected chi connectivity index (χ4v) is 1.89. The molecule has 0 heterocycles. The highest BCUT2D eigenvalue weighted by molar-refractivity contribution is 5.50. The van der Waals surface area contributed by atoms with Crippen molar-refractivity contribution >= 4 is 0 Å². The highest BCUT2D eigenvalue weighted by Crippen LogP contribution is 2.35. The van der Waals surface area contributed by atoms with Crippen LogP contribution in [0.5, 0.6) is 11.5 Å². The first-order valence-corrected chi connectivity index (χ1v) is 5.26. The van der Waals surface area contributed by atoms with E-state index in [2.05, 4.69) is 19.3 Å². The Morgan fingerprint density at radius 1 is 1.19 bits per heavy atom. The van der Waals surface area contributed by atoms with Crippen molar-refractivity contribution in [2.75, 3.05) is 14.2 Å². The van der Waals surface area contributed by atoms with Crippen LogP contribution in [0.1, 0.15) is 30.9 Å². The highest BCUT2D eigenvalue weighted by atomic mass is 16.5. The predicted octanol–water partition coefficient (Wildman–Crippen LogP) is 2.31. The molecule has 0 aliphatic carbocycles. The molecule has 0 aromatic heterocycles. The molecule has 1 aromatic carbocycles. The molecule has 1 rings (SSSR count). The maximum atomic E-state index is 8.86. The van der Waals surface area contributed by atoms with Crippen molar-refractivity contribution in [3.8, 4) is 11.5 Å². The number of benzene rings is 1. The molecule has 0 amide bonds. The van der Waals surface area contributed by atoms with Crippen LogP contribution in [-0.2, 0) is 6.54 Å². The van der Waals surface area contributed by atoms with E-state index in [0.717, 1.165) is 22.6 Å². The van der Waals surface area contributed by atoms with Gasteiger partial charge in [-0.1, -0.05) is 13.8 Å². The molecule has 4 heteroatoms. The summed E-state index contributed by atoms with van der Waals surface area (Å²) in [6, 6.07) is 3.73. The summed E-state index contributed by atoms with van der Waals surface area (Å²) in [6.45, 7) is 4.50. The molecule has 0 radical (unpaired) electrons. The highest BCUT2D eigenvalue weighted by Gasteiger charge is 2.16. The maximum absolute atomic E-state index is 8.86. The third-order valence-corrected chi connectivity index (χ3v) is 2.55. The lowest BCUT2D eigenvalue weighted by atomic mass is 9.95. The molecule has 0 atom stereocenters. The summed E-state index contributed by atoms with van der Waals surface area (Å²) in [4.78, 5) is 0. The molecule has 1 aromatic rings. The van der Waals surface area contributed by atoms with E-state index in [-0.39, 0.29) is 0 Å². The number of hydroxylamine groups is 1. The lowest BCUT2D eigenvalue weighted by Crippen LogP contribution is -2.12. The molecule has 0 saturated carbocycles. The van der Waals surface area contributed by atoms with Crippen LogP contribution in [0.15, 0.2) is 12.1 Å². The van der Waals surface area contributed by atoms with E-state index in [1.165, 1.54) is 0 Å². The summed E-state index contributed by atoms with van der Waals surface area (Å²) < 4.78 is 10.6. The van der Waals surface area contributed by atoms with Gasteiger partial charge in [0, 0.05) is 17.7 Å². The zero-order chi connectivity index (χ0) is 12.1. The van der Waals surface area contributed by atoms with Gasteiger partial charge in [0.1, 0.15) is 11.5 Å². The molecule has 90 valence electrons. The Morgan fingerprint density at radius 3 is 2.19 bits per heavy atom. The van der Waals surface area contributed by atoms with E-state index < -0.39 is 0 Å². The van der Waals surface area contributed by atoms with Crippen molar-refractivity contribution < 1.29 is 14.7 Å². The third-order valence-electron chi connectivity index (χ3n) is 2.55. The summed E-state index contributed by atoms with van der Waals surface area (Å²) >= 11 is 0. The molecule has 0 spiro atoms. The van der Waals surface area contributed by atoms with E-state index in [1.807, 2.05) is 12.1 Å². The van der Waals surface area contributed by atoms with Gasteiger partial charge in [0.2, 0.25) is 0 Å². The average Bonchev–Trinajstić information content (AvgIpc) is 2.28. The van der Waals surface area contributed by atoms with E-state index in [9.17, 15) is 0 Å². The minimum atomic E-state index is 0.299. The molecule has 0 saturated heterocycles. The molecule has 0 bridgehead atoms. The largest absolute Gasteiger partial charge is 0.496 e. The van der Waals surface area contributed by atoms with Gasteiger partial charge in [-0.3, -0.25) is 0 Å². The van der Waals surface area contributed by atoms with E-state index in [4.69, 9.17) is 14.7 Å².